The van der Waals surface area contributed by atoms with Gasteiger partial charge in [0.2, 0.25) is 0 Å². The van der Waals surface area contributed by atoms with Gasteiger partial charge in [-0.1, -0.05) is 19.0 Å². The third-order valence-electron chi connectivity index (χ3n) is 3.33. The molecule has 0 saturated carbocycles. The number of anilines is 1. The van der Waals surface area contributed by atoms with Gasteiger partial charge < -0.3 is 20.9 Å². The van der Waals surface area contributed by atoms with Crippen molar-refractivity contribution in [2.24, 2.45) is 10.9 Å². The van der Waals surface area contributed by atoms with Crippen molar-refractivity contribution in [1.82, 2.24) is 0 Å². The number of nitrogens with two attached hydrogens (primary N) is 1. The molecule has 0 aliphatic heterocycles. The van der Waals surface area contributed by atoms with Crippen LogP contribution in [0, 0.1) is 0 Å². The van der Waals surface area contributed by atoms with Gasteiger partial charge in [0.25, 0.3) is 0 Å². The van der Waals surface area contributed by atoms with Gasteiger partial charge in [0.15, 0.2) is 5.84 Å². The van der Waals surface area contributed by atoms with E-state index in [1.54, 1.807) is 0 Å². The Balaban J connectivity index is 2.97. The highest BCUT2D eigenvalue weighted by atomic mass is 16.4. The summed E-state index contributed by atoms with van der Waals surface area (Å²) in [6.07, 6.45) is 2.05. The smallest absolute Gasteiger partial charge is 0.170 e. The molecule has 5 heteroatoms. The average Bonchev–Trinajstić information content (AvgIpc) is 2.47. The maximum absolute atomic E-state index is 9.20. The van der Waals surface area contributed by atoms with Gasteiger partial charge in [-0.25, -0.2) is 0 Å². The predicted octanol–water partition coefficient (Wildman–Crippen LogP) is 1.77. The van der Waals surface area contributed by atoms with E-state index < -0.39 is 0 Å². The first-order valence-electron chi connectivity index (χ1n) is 6.63. The number of oxime groups is 1. The molecule has 0 atom stereocenters. The van der Waals surface area contributed by atoms with Crippen molar-refractivity contribution in [3.05, 3.63) is 29.8 Å². The third kappa shape index (κ3) is 3.86. The number of aliphatic hydroxyl groups excluding tert-OH is 1. The lowest BCUT2D eigenvalue weighted by molar-refractivity contribution is 0.296. The van der Waals surface area contributed by atoms with Gasteiger partial charge in [-0.15, -0.1) is 0 Å². The van der Waals surface area contributed by atoms with Crippen LogP contribution in [0.25, 0.3) is 0 Å². The van der Waals surface area contributed by atoms with E-state index in [-0.39, 0.29) is 12.4 Å². The molecular weight excluding hydrogens is 242 g/mol. The molecule has 0 saturated heterocycles. The molecule has 0 heterocycles. The van der Waals surface area contributed by atoms with Crippen molar-refractivity contribution >= 4 is 11.5 Å². The molecule has 0 aromatic heterocycles. The SMILES string of the molecule is CCC(CC)N(CCO)c1ccc(C(N)=NO)cc1. The molecule has 5 nitrogen and oxygen atoms in total. The summed E-state index contributed by atoms with van der Waals surface area (Å²) in [5, 5.41) is 20.8. The highest BCUT2D eigenvalue weighted by molar-refractivity contribution is 5.97. The quantitative estimate of drug-likeness (QED) is 0.304. The van der Waals surface area contributed by atoms with Crippen molar-refractivity contribution < 1.29 is 10.3 Å². The highest BCUT2D eigenvalue weighted by Crippen LogP contribution is 2.20. The zero-order chi connectivity index (χ0) is 14.3. The van der Waals surface area contributed by atoms with E-state index in [1.165, 1.54) is 0 Å². The number of nitrogens with zero attached hydrogens (tertiary/aromatic N) is 2. The normalized spacial score (nSPS) is 11.9. The fraction of sp³-hybridized carbons (Fsp3) is 0.500. The molecule has 1 rings (SSSR count). The van der Waals surface area contributed by atoms with E-state index in [4.69, 9.17) is 10.9 Å². The minimum Gasteiger partial charge on any atom is -0.409 e. The first-order valence-corrected chi connectivity index (χ1v) is 6.63. The van der Waals surface area contributed by atoms with E-state index in [0.29, 0.717) is 18.2 Å². The Kier molecular flexibility index (Phi) is 6.15. The summed E-state index contributed by atoms with van der Waals surface area (Å²) in [5.41, 5.74) is 7.26. The molecule has 0 aliphatic rings. The molecule has 0 radical (unpaired) electrons. The summed E-state index contributed by atoms with van der Waals surface area (Å²) in [5.74, 6) is 0.0998. The Morgan fingerprint density at radius 3 is 2.26 bits per heavy atom. The molecule has 106 valence electrons. The summed E-state index contributed by atoms with van der Waals surface area (Å²) in [6.45, 7) is 5.01. The van der Waals surface area contributed by atoms with Gasteiger partial charge in [-0.2, -0.15) is 0 Å². The zero-order valence-corrected chi connectivity index (χ0v) is 11.6. The Morgan fingerprint density at radius 2 is 1.84 bits per heavy atom. The van der Waals surface area contributed by atoms with Gasteiger partial charge >= 0.3 is 0 Å². The Hall–Kier alpha value is -1.75. The minimum absolute atomic E-state index is 0.0998. The lowest BCUT2D eigenvalue weighted by atomic mass is 10.1. The molecular formula is C14H23N3O2. The van der Waals surface area contributed by atoms with Crippen molar-refractivity contribution in [2.45, 2.75) is 32.7 Å². The lowest BCUT2D eigenvalue weighted by Gasteiger charge is -2.32. The number of benzene rings is 1. The molecule has 0 fully saturated rings. The standard InChI is InChI=1S/C14H23N3O2/c1-3-12(4-2)17(9-10-18)13-7-5-11(6-8-13)14(15)16-19/h5-8,12,18-19H,3-4,9-10H2,1-2H3,(H2,15,16). The second-order valence-corrected chi connectivity index (χ2v) is 4.42. The van der Waals surface area contributed by atoms with Crippen molar-refractivity contribution in [2.75, 3.05) is 18.1 Å². The Morgan fingerprint density at radius 1 is 1.26 bits per heavy atom. The summed E-state index contributed by atoms with van der Waals surface area (Å²) < 4.78 is 0. The predicted molar refractivity (Wildman–Crippen MR) is 77.8 cm³/mol. The average molecular weight is 265 g/mol. The van der Waals surface area contributed by atoms with Gasteiger partial charge in [0, 0.05) is 23.8 Å². The maximum Gasteiger partial charge on any atom is 0.170 e. The highest BCUT2D eigenvalue weighted by Gasteiger charge is 2.15. The molecule has 19 heavy (non-hydrogen) atoms. The van der Waals surface area contributed by atoms with Crippen LogP contribution in [0.4, 0.5) is 5.69 Å². The van der Waals surface area contributed by atoms with Crippen LogP contribution in [0.15, 0.2) is 29.4 Å². The van der Waals surface area contributed by atoms with Gasteiger partial charge in [0.1, 0.15) is 0 Å². The lowest BCUT2D eigenvalue weighted by Crippen LogP contribution is -2.36. The van der Waals surface area contributed by atoms with Gasteiger partial charge in [0.05, 0.1) is 6.61 Å². The molecule has 0 amide bonds. The van der Waals surface area contributed by atoms with E-state index >= 15 is 0 Å². The monoisotopic (exact) mass is 265 g/mol. The van der Waals surface area contributed by atoms with Crippen LogP contribution in [-0.2, 0) is 0 Å². The van der Waals surface area contributed by atoms with Crippen LogP contribution in [0.1, 0.15) is 32.3 Å². The second-order valence-electron chi connectivity index (χ2n) is 4.42. The number of amidine groups is 1. The van der Waals surface area contributed by atoms with E-state index in [2.05, 4.69) is 23.9 Å². The summed E-state index contributed by atoms with van der Waals surface area (Å²) in [4.78, 5) is 2.19. The van der Waals surface area contributed by atoms with Gasteiger partial charge in [-0.3, -0.25) is 0 Å². The van der Waals surface area contributed by atoms with E-state index in [9.17, 15) is 5.11 Å². The number of aliphatic hydroxyl groups is 1. The van der Waals surface area contributed by atoms with Crippen molar-refractivity contribution in [1.29, 1.82) is 0 Å². The van der Waals surface area contributed by atoms with E-state index in [0.717, 1.165) is 18.5 Å². The first kappa shape index (κ1) is 15.3. The van der Waals surface area contributed by atoms with E-state index in [1.807, 2.05) is 24.3 Å². The van der Waals surface area contributed by atoms with Crippen LogP contribution < -0.4 is 10.6 Å². The summed E-state index contributed by atoms with van der Waals surface area (Å²) in [6, 6.07) is 7.90. The molecule has 1 aromatic carbocycles. The zero-order valence-electron chi connectivity index (χ0n) is 11.6. The fourth-order valence-corrected chi connectivity index (χ4v) is 2.24. The van der Waals surface area contributed by atoms with Crippen LogP contribution in [-0.4, -0.2) is 35.3 Å². The molecule has 0 bridgehead atoms. The fourth-order valence-electron chi connectivity index (χ4n) is 2.24. The minimum atomic E-state index is 0.0998. The van der Waals surface area contributed by atoms with Crippen LogP contribution in [0.2, 0.25) is 0 Å². The number of hydrogen-bond acceptors (Lipinski definition) is 4. The van der Waals surface area contributed by atoms with Crippen LogP contribution >= 0.6 is 0 Å². The first-order chi connectivity index (χ1) is 9.17. The maximum atomic E-state index is 9.20. The van der Waals surface area contributed by atoms with Gasteiger partial charge in [-0.05, 0) is 37.1 Å². The largest absolute Gasteiger partial charge is 0.409 e. The topological polar surface area (TPSA) is 82.1 Å². The molecule has 0 aliphatic carbocycles. The Labute approximate surface area is 114 Å². The summed E-state index contributed by atoms with van der Waals surface area (Å²) >= 11 is 0. The Bertz CT molecular complexity index is 400. The molecule has 4 N–H and O–H groups in total. The number of rotatable bonds is 7. The molecule has 0 unspecified atom stereocenters. The van der Waals surface area contributed by atoms with Crippen molar-refractivity contribution in [3.63, 3.8) is 0 Å². The summed E-state index contributed by atoms with van der Waals surface area (Å²) in [7, 11) is 0. The third-order valence-corrected chi connectivity index (χ3v) is 3.33. The van der Waals surface area contributed by atoms with Crippen LogP contribution in [0.3, 0.4) is 0 Å². The number of hydrogen-bond donors (Lipinski definition) is 3. The second kappa shape index (κ2) is 7.63. The van der Waals surface area contributed by atoms with Crippen molar-refractivity contribution in [3.8, 4) is 0 Å². The van der Waals surface area contributed by atoms with Crippen LogP contribution in [0.5, 0.6) is 0 Å². The molecule has 1 aromatic rings. The molecule has 0 spiro atoms.